The van der Waals surface area contributed by atoms with Gasteiger partial charge in [0.05, 0.1) is 7.11 Å². The standard InChI is InChI=1S/C23H21Br2NO11/c1-9(27)33-18-19(34-10(2)28)21(35-11(3)29)23(37-20(18)22(30)32-4)36-17-8-13-6-15(25)14(24)5-12(13)7-16(17)26-31/h5-8,18-21,23H,1-4H3. The Labute approximate surface area is 227 Å². The number of rotatable bonds is 7. The lowest BCUT2D eigenvalue weighted by Crippen LogP contribution is -2.64. The van der Waals surface area contributed by atoms with E-state index >= 15 is 0 Å². The molecule has 1 saturated heterocycles. The van der Waals surface area contributed by atoms with Crippen LogP contribution in [0, 0.1) is 4.91 Å². The van der Waals surface area contributed by atoms with Crippen LogP contribution in [-0.4, -0.2) is 61.7 Å². The lowest BCUT2D eigenvalue weighted by molar-refractivity contribution is -0.282. The van der Waals surface area contributed by atoms with Crippen molar-refractivity contribution in [3.05, 3.63) is 38.1 Å². The highest BCUT2D eigenvalue weighted by Gasteiger charge is 2.56. The van der Waals surface area contributed by atoms with Crippen LogP contribution in [0.25, 0.3) is 10.8 Å². The van der Waals surface area contributed by atoms with Gasteiger partial charge < -0.3 is 28.4 Å². The number of hydrogen-bond donors (Lipinski definition) is 0. The molecule has 1 aliphatic heterocycles. The van der Waals surface area contributed by atoms with Gasteiger partial charge in [0.1, 0.15) is 0 Å². The quantitative estimate of drug-likeness (QED) is 0.245. The molecular formula is C23H21Br2NO11. The van der Waals surface area contributed by atoms with Gasteiger partial charge in [-0.15, -0.1) is 4.91 Å². The van der Waals surface area contributed by atoms with Gasteiger partial charge in [-0.05, 0) is 72.1 Å². The first-order chi connectivity index (χ1) is 17.4. The highest BCUT2D eigenvalue weighted by atomic mass is 79.9. The number of halogens is 2. The molecular weight excluding hydrogens is 626 g/mol. The predicted octanol–water partition coefficient (Wildman–Crippen LogP) is 3.83. The van der Waals surface area contributed by atoms with Crippen molar-refractivity contribution < 1.29 is 47.6 Å². The fourth-order valence-electron chi connectivity index (χ4n) is 3.73. The first kappa shape index (κ1) is 28.5. The summed E-state index contributed by atoms with van der Waals surface area (Å²) in [6, 6.07) is 6.46. The number of esters is 4. The number of hydrogen-bond acceptors (Lipinski definition) is 12. The molecule has 0 amide bonds. The highest BCUT2D eigenvalue weighted by Crippen LogP contribution is 2.39. The maximum absolute atomic E-state index is 12.6. The zero-order chi connectivity index (χ0) is 27.4. The monoisotopic (exact) mass is 645 g/mol. The molecule has 0 aromatic heterocycles. The molecule has 5 atom stereocenters. The van der Waals surface area contributed by atoms with Crippen molar-refractivity contribution >= 4 is 72.2 Å². The molecule has 0 aliphatic carbocycles. The fraction of sp³-hybridized carbons (Fsp3) is 0.391. The first-order valence-electron chi connectivity index (χ1n) is 10.6. The lowest BCUT2D eigenvalue weighted by atomic mass is 9.97. The molecule has 3 rings (SSSR count). The minimum Gasteiger partial charge on any atom is -0.467 e. The number of nitrogens with zero attached hydrogens (tertiary/aromatic N) is 1. The molecule has 37 heavy (non-hydrogen) atoms. The third-order valence-electron chi connectivity index (χ3n) is 5.13. The largest absolute Gasteiger partial charge is 0.467 e. The molecule has 1 fully saturated rings. The second-order valence-corrected chi connectivity index (χ2v) is 9.52. The van der Waals surface area contributed by atoms with Gasteiger partial charge in [-0.25, -0.2) is 4.79 Å². The number of fused-ring (bicyclic) bond motifs is 1. The van der Waals surface area contributed by atoms with E-state index in [1.807, 2.05) is 0 Å². The van der Waals surface area contributed by atoms with E-state index in [0.717, 1.165) is 36.8 Å². The van der Waals surface area contributed by atoms with E-state index < -0.39 is 54.6 Å². The Hall–Kier alpha value is -3.10. The first-order valence-corrected chi connectivity index (χ1v) is 12.2. The van der Waals surface area contributed by atoms with Gasteiger partial charge in [-0.3, -0.25) is 14.4 Å². The number of carbonyl (C=O) groups is 4. The molecule has 1 aliphatic rings. The molecule has 5 unspecified atom stereocenters. The Bertz CT molecular complexity index is 1250. The molecule has 198 valence electrons. The molecule has 1 heterocycles. The summed E-state index contributed by atoms with van der Waals surface area (Å²) in [6.45, 7) is 3.22. The van der Waals surface area contributed by atoms with E-state index in [-0.39, 0.29) is 11.4 Å². The molecule has 0 radical (unpaired) electrons. The van der Waals surface area contributed by atoms with Gasteiger partial charge in [-0.1, -0.05) is 0 Å². The van der Waals surface area contributed by atoms with Crippen molar-refractivity contribution in [2.75, 3.05) is 7.11 Å². The number of benzene rings is 2. The van der Waals surface area contributed by atoms with E-state index in [4.69, 9.17) is 28.4 Å². The zero-order valence-electron chi connectivity index (χ0n) is 19.9. The lowest BCUT2D eigenvalue weighted by Gasteiger charge is -2.43. The van der Waals surface area contributed by atoms with Gasteiger partial charge in [0.2, 0.25) is 12.4 Å². The number of ether oxygens (including phenoxy) is 6. The fourth-order valence-corrected chi connectivity index (χ4v) is 4.45. The normalized spacial score (nSPS) is 23.0. The van der Waals surface area contributed by atoms with Gasteiger partial charge >= 0.3 is 23.9 Å². The van der Waals surface area contributed by atoms with E-state index in [2.05, 4.69) is 37.0 Å². The molecule has 2 aromatic rings. The van der Waals surface area contributed by atoms with E-state index in [1.54, 1.807) is 12.1 Å². The van der Waals surface area contributed by atoms with E-state index in [1.165, 1.54) is 12.1 Å². The van der Waals surface area contributed by atoms with Crippen LogP contribution in [-0.2, 0) is 42.9 Å². The molecule has 0 bridgehead atoms. The summed E-state index contributed by atoms with van der Waals surface area (Å²) in [5.41, 5.74) is -0.132. The smallest absolute Gasteiger partial charge is 0.339 e. The van der Waals surface area contributed by atoms with Crippen LogP contribution >= 0.6 is 31.9 Å². The van der Waals surface area contributed by atoms with Crippen molar-refractivity contribution in [1.29, 1.82) is 0 Å². The molecule has 0 N–H and O–H groups in total. The zero-order valence-corrected chi connectivity index (χ0v) is 23.1. The number of nitroso groups, excluding NO2 is 1. The van der Waals surface area contributed by atoms with Crippen molar-refractivity contribution in [3.8, 4) is 5.75 Å². The maximum atomic E-state index is 12.6. The number of carbonyl (C=O) groups excluding carboxylic acids is 4. The maximum Gasteiger partial charge on any atom is 0.339 e. The van der Waals surface area contributed by atoms with Crippen LogP contribution in [0.1, 0.15) is 20.8 Å². The van der Waals surface area contributed by atoms with Gasteiger partial charge in [0.25, 0.3) is 0 Å². The summed E-state index contributed by atoms with van der Waals surface area (Å²) in [7, 11) is 1.07. The SMILES string of the molecule is COC(=O)C1OC(Oc2cc3cc(Br)c(Br)cc3cc2N=O)C(OC(C)=O)C(OC(C)=O)C1OC(C)=O. The summed E-state index contributed by atoms with van der Waals surface area (Å²) < 4.78 is 33.7. The minimum absolute atomic E-state index is 0.0880. The average Bonchev–Trinajstić information content (AvgIpc) is 2.81. The highest BCUT2D eigenvalue weighted by molar-refractivity contribution is 9.13. The average molecular weight is 647 g/mol. The Morgan fingerprint density at radius 1 is 0.811 bits per heavy atom. The summed E-state index contributed by atoms with van der Waals surface area (Å²) in [5, 5.41) is 4.29. The summed E-state index contributed by atoms with van der Waals surface area (Å²) in [5.74, 6) is -3.56. The van der Waals surface area contributed by atoms with Gasteiger partial charge in [0, 0.05) is 29.7 Å². The Morgan fingerprint density at radius 2 is 1.32 bits per heavy atom. The van der Waals surface area contributed by atoms with Crippen LogP contribution < -0.4 is 4.74 Å². The van der Waals surface area contributed by atoms with E-state index in [0.29, 0.717) is 10.8 Å². The van der Waals surface area contributed by atoms with Crippen LogP contribution in [0.15, 0.2) is 38.4 Å². The predicted molar refractivity (Wildman–Crippen MR) is 133 cm³/mol. The van der Waals surface area contributed by atoms with Crippen LogP contribution in [0.5, 0.6) is 5.75 Å². The topological polar surface area (TPSA) is 153 Å². The van der Waals surface area contributed by atoms with Crippen molar-refractivity contribution in [1.82, 2.24) is 0 Å². The van der Waals surface area contributed by atoms with Crippen LogP contribution in [0.3, 0.4) is 0 Å². The minimum atomic E-state index is -1.65. The van der Waals surface area contributed by atoms with Crippen molar-refractivity contribution in [2.24, 2.45) is 5.18 Å². The van der Waals surface area contributed by atoms with Gasteiger partial charge in [-0.2, -0.15) is 0 Å². The molecule has 2 aromatic carbocycles. The molecule has 0 spiro atoms. The van der Waals surface area contributed by atoms with E-state index in [9.17, 15) is 24.1 Å². The van der Waals surface area contributed by atoms with Crippen LogP contribution in [0.4, 0.5) is 5.69 Å². The second kappa shape index (κ2) is 12.0. The summed E-state index contributed by atoms with van der Waals surface area (Å²) in [6.07, 6.45) is -7.88. The van der Waals surface area contributed by atoms with Crippen molar-refractivity contribution in [2.45, 2.75) is 51.5 Å². The third-order valence-corrected chi connectivity index (χ3v) is 6.98. The Morgan fingerprint density at radius 3 is 1.84 bits per heavy atom. The van der Waals surface area contributed by atoms with Crippen molar-refractivity contribution in [3.63, 3.8) is 0 Å². The Kier molecular flexibility index (Phi) is 9.21. The summed E-state index contributed by atoms with van der Waals surface area (Å²) in [4.78, 5) is 59.9. The third kappa shape index (κ3) is 6.62. The number of methoxy groups -OCH3 is 1. The molecule has 0 saturated carbocycles. The molecule has 14 heteroatoms. The Balaban J connectivity index is 2.12. The summed E-state index contributed by atoms with van der Waals surface area (Å²) >= 11 is 6.79. The van der Waals surface area contributed by atoms with Gasteiger partial charge in [0.15, 0.2) is 29.7 Å². The molecule has 12 nitrogen and oxygen atoms in total. The van der Waals surface area contributed by atoms with Crippen LogP contribution in [0.2, 0.25) is 0 Å². The second-order valence-electron chi connectivity index (χ2n) is 7.81.